The number of rotatable bonds is 4. The van der Waals surface area contributed by atoms with E-state index in [1.807, 2.05) is 29.6 Å². The molecular formula is C14H12N4OS2. The van der Waals surface area contributed by atoms with Crippen LogP contribution in [-0.4, -0.2) is 20.9 Å². The zero-order chi connectivity index (χ0) is 14.7. The molecule has 0 saturated heterocycles. The van der Waals surface area contributed by atoms with Crippen LogP contribution in [0.2, 0.25) is 0 Å². The maximum Gasteiger partial charge on any atom is 0.223 e. The average Bonchev–Trinajstić information content (AvgIpc) is 2.92. The standard InChI is InChI=1S/C14H12N4OS2/c1-9(19)17-14-18-10(7-21-14)6-20-13-11-4-2-3-5-12(11)15-8-16-13/h2-5,7-8H,6H2,1H3,(H,17,18,19). The number of nitrogens with zero attached hydrogens (tertiary/aromatic N) is 3. The normalized spacial score (nSPS) is 10.7. The third kappa shape index (κ3) is 3.37. The Bertz CT molecular complexity index is 782. The number of hydrogen-bond acceptors (Lipinski definition) is 6. The van der Waals surface area contributed by atoms with Crippen LogP contribution in [0, 0.1) is 0 Å². The Morgan fingerprint density at radius 1 is 1.33 bits per heavy atom. The Morgan fingerprint density at radius 3 is 3.05 bits per heavy atom. The maximum absolute atomic E-state index is 11.0. The van der Waals surface area contributed by atoms with Gasteiger partial charge in [0.15, 0.2) is 5.13 Å². The second-order valence-electron chi connectivity index (χ2n) is 4.31. The SMILES string of the molecule is CC(=O)Nc1nc(CSc2ncnc3ccccc23)cs1. The van der Waals surface area contributed by atoms with Crippen molar-refractivity contribution in [1.29, 1.82) is 0 Å². The Kier molecular flexibility index (Phi) is 4.12. The minimum Gasteiger partial charge on any atom is -0.302 e. The first-order chi connectivity index (χ1) is 10.2. The molecule has 0 unspecified atom stereocenters. The van der Waals surface area contributed by atoms with Crippen LogP contribution in [0.1, 0.15) is 12.6 Å². The van der Waals surface area contributed by atoms with Crippen molar-refractivity contribution in [2.45, 2.75) is 17.7 Å². The summed E-state index contributed by atoms with van der Waals surface area (Å²) >= 11 is 3.04. The molecule has 0 atom stereocenters. The molecule has 7 heteroatoms. The zero-order valence-corrected chi connectivity index (χ0v) is 12.9. The van der Waals surface area contributed by atoms with Gasteiger partial charge < -0.3 is 5.32 Å². The van der Waals surface area contributed by atoms with E-state index in [0.29, 0.717) is 10.9 Å². The molecule has 0 saturated carbocycles. The lowest BCUT2D eigenvalue weighted by molar-refractivity contribution is -0.114. The fraction of sp³-hybridized carbons (Fsp3) is 0.143. The predicted molar refractivity (Wildman–Crippen MR) is 85.5 cm³/mol. The Labute approximate surface area is 129 Å². The van der Waals surface area contributed by atoms with Gasteiger partial charge in [-0.15, -0.1) is 11.3 Å². The third-order valence-corrected chi connectivity index (χ3v) is 4.54. The van der Waals surface area contributed by atoms with Gasteiger partial charge in [0.1, 0.15) is 11.4 Å². The van der Waals surface area contributed by atoms with Crippen molar-refractivity contribution in [3.05, 3.63) is 41.7 Å². The van der Waals surface area contributed by atoms with Gasteiger partial charge in [0.05, 0.1) is 11.2 Å². The number of hydrogen-bond donors (Lipinski definition) is 1. The molecule has 1 aromatic carbocycles. The molecule has 0 aliphatic heterocycles. The molecule has 0 spiro atoms. The van der Waals surface area contributed by atoms with E-state index in [4.69, 9.17) is 0 Å². The minimum absolute atomic E-state index is 0.106. The molecule has 3 aromatic rings. The number of anilines is 1. The highest BCUT2D eigenvalue weighted by atomic mass is 32.2. The fourth-order valence-corrected chi connectivity index (χ4v) is 3.56. The van der Waals surface area contributed by atoms with Crippen LogP contribution in [0.3, 0.4) is 0 Å². The number of benzene rings is 1. The summed E-state index contributed by atoms with van der Waals surface area (Å²) in [6.45, 7) is 1.48. The summed E-state index contributed by atoms with van der Waals surface area (Å²) < 4.78 is 0. The summed E-state index contributed by atoms with van der Waals surface area (Å²) in [4.78, 5) is 23.9. The van der Waals surface area contributed by atoms with Gasteiger partial charge >= 0.3 is 0 Å². The Morgan fingerprint density at radius 2 is 2.19 bits per heavy atom. The average molecular weight is 316 g/mol. The van der Waals surface area contributed by atoms with Crippen LogP contribution < -0.4 is 5.32 Å². The number of amides is 1. The van der Waals surface area contributed by atoms with Gasteiger partial charge in [-0.25, -0.2) is 15.0 Å². The first-order valence-corrected chi connectivity index (χ1v) is 8.13. The van der Waals surface area contributed by atoms with Gasteiger partial charge in [-0.1, -0.05) is 30.0 Å². The largest absolute Gasteiger partial charge is 0.302 e. The van der Waals surface area contributed by atoms with Gasteiger partial charge in [0.25, 0.3) is 0 Å². The number of fused-ring (bicyclic) bond motifs is 1. The molecule has 0 bridgehead atoms. The topological polar surface area (TPSA) is 67.8 Å². The summed E-state index contributed by atoms with van der Waals surface area (Å²) in [5, 5.41) is 7.25. The Balaban J connectivity index is 1.74. The molecular weight excluding hydrogens is 304 g/mol. The van der Waals surface area contributed by atoms with Gasteiger partial charge in [0.2, 0.25) is 5.91 Å². The summed E-state index contributed by atoms with van der Waals surface area (Å²) in [5.41, 5.74) is 1.86. The lowest BCUT2D eigenvalue weighted by Crippen LogP contribution is -2.05. The van der Waals surface area contributed by atoms with Gasteiger partial charge in [0, 0.05) is 23.4 Å². The monoisotopic (exact) mass is 316 g/mol. The molecule has 5 nitrogen and oxygen atoms in total. The van der Waals surface area contributed by atoms with Crippen molar-refractivity contribution >= 4 is 45.0 Å². The second kappa shape index (κ2) is 6.19. The Hall–Kier alpha value is -1.99. The van der Waals surface area contributed by atoms with Gasteiger partial charge in [-0.3, -0.25) is 4.79 Å². The predicted octanol–water partition coefficient (Wildman–Crippen LogP) is 3.34. The van der Waals surface area contributed by atoms with Crippen LogP contribution in [0.5, 0.6) is 0 Å². The zero-order valence-electron chi connectivity index (χ0n) is 11.2. The van der Waals surface area contributed by atoms with Crippen molar-refractivity contribution in [2.24, 2.45) is 0 Å². The lowest BCUT2D eigenvalue weighted by Gasteiger charge is -2.03. The number of thiazole rings is 1. The van der Waals surface area contributed by atoms with E-state index in [1.165, 1.54) is 18.3 Å². The van der Waals surface area contributed by atoms with Crippen LogP contribution in [0.25, 0.3) is 10.9 Å². The van der Waals surface area contributed by atoms with Crippen molar-refractivity contribution < 1.29 is 4.79 Å². The van der Waals surface area contributed by atoms with E-state index in [1.54, 1.807) is 18.1 Å². The van der Waals surface area contributed by atoms with Crippen molar-refractivity contribution in [1.82, 2.24) is 15.0 Å². The molecule has 0 aliphatic rings. The first kappa shape index (κ1) is 14.0. The first-order valence-electron chi connectivity index (χ1n) is 6.27. The van der Waals surface area contributed by atoms with E-state index in [9.17, 15) is 4.79 Å². The van der Waals surface area contributed by atoms with E-state index >= 15 is 0 Å². The summed E-state index contributed by atoms with van der Waals surface area (Å²) in [5.74, 6) is 0.599. The number of aromatic nitrogens is 3. The van der Waals surface area contributed by atoms with Crippen LogP contribution >= 0.6 is 23.1 Å². The molecule has 0 fully saturated rings. The molecule has 1 amide bonds. The van der Waals surface area contributed by atoms with E-state index in [2.05, 4.69) is 20.3 Å². The van der Waals surface area contributed by atoms with Crippen LogP contribution in [0.4, 0.5) is 5.13 Å². The number of para-hydroxylation sites is 1. The van der Waals surface area contributed by atoms with Crippen LogP contribution in [-0.2, 0) is 10.5 Å². The van der Waals surface area contributed by atoms with Crippen molar-refractivity contribution in [3.8, 4) is 0 Å². The smallest absolute Gasteiger partial charge is 0.223 e. The highest BCUT2D eigenvalue weighted by molar-refractivity contribution is 7.98. The van der Waals surface area contributed by atoms with Gasteiger partial charge in [-0.2, -0.15) is 0 Å². The summed E-state index contributed by atoms with van der Waals surface area (Å²) in [6, 6.07) is 7.93. The van der Waals surface area contributed by atoms with Gasteiger partial charge in [-0.05, 0) is 6.07 Å². The molecule has 106 valence electrons. The maximum atomic E-state index is 11.0. The van der Waals surface area contributed by atoms with E-state index < -0.39 is 0 Å². The quantitative estimate of drug-likeness (QED) is 0.590. The number of nitrogens with one attached hydrogen (secondary N) is 1. The van der Waals surface area contributed by atoms with Crippen molar-refractivity contribution in [2.75, 3.05) is 5.32 Å². The molecule has 3 rings (SSSR count). The number of thioether (sulfide) groups is 1. The van der Waals surface area contributed by atoms with Crippen LogP contribution in [0.15, 0.2) is 41.0 Å². The molecule has 1 N–H and O–H groups in total. The summed E-state index contributed by atoms with van der Waals surface area (Å²) in [6.07, 6.45) is 1.58. The molecule has 0 radical (unpaired) electrons. The second-order valence-corrected chi connectivity index (χ2v) is 6.13. The lowest BCUT2D eigenvalue weighted by atomic mass is 10.2. The minimum atomic E-state index is -0.106. The van der Waals surface area contributed by atoms with E-state index in [-0.39, 0.29) is 5.91 Å². The molecule has 21 heavy (non-hydrogen) atoms. The third-order valence-electron chi connectivity index (χ3n) is 2.70. The highest BCUT2D eigenvalue weighted by Crippen LogP contribution is 2.28. The number of carbonyl (C=O) groups excluding carboxylic acids is 1. The molecule has 0 aliphatic carbocycles. The number of carbonyl (C=O) groups is 1. The molecule has 2 aromatic heterocycles. The van der Waals surface area contributed by atoms with Crippen molar-refractivity contribution in [3.63, 3.8) is 0 Å². The summed E-state index contributed by atoms with van der Waals surface area (Å²) in [7, 11) is 0. The van der Waals surface area contributed by atoms with E-state index in [0.717, 1.165) is 21.6 Å². The fourth-order valence-electron chi connectivity index (χ4n) is 1.82. The highest BCUT2D eigenvalue weighted by Gasteiger charge is 2.07. The molecule has 2 heterocycles.